The van der Waals surface area contributed by atoms with Gasteiger partial charge in [0.2, 0.25) is 0 Å². The number of hydrogen-bond donors (Lipinski definition) is 1. The fourth-order valence-electron chi connectivity index (χ4n) is 5.84. The Morgan fingerprint density at radius 2 is 1.80 bits per heavy atom. The largest absolute Gasteiger partial charge is 0.488 e. The number of carbonyl (C=O) groups is 1. The lowest BCUT2D eigenvalue weighted by atomic mass is 9.89. The number of ether oxygens (including phenoxy) is 4. The molecule has 0 aliphatic carbocycles. The lowest BCUT2D eigenvalue weighted by Crippen LogP contribution is -2.40. The van der Waals surface area contributed by atoms with Crippen LogP contribution in [0.25, 0.3) is 0 Å². The fourth-order valence-corrected chi connectivity index (χ4v) is 7.46. The molecular weight excluding hydrogens is 747 g/mol. The van der Waals surface area contributed by atoms with Crippen molar-refractivity contribution in [1.29, 1.82) is 0 Å². The molecule has 0 radical (unpaired) electrons. The number of benzene rings is 2. The molecule has 49 heavy (non-hydrogen) atoms. The van der Waals surface area contributed by atoms with Crippen molar-refractivity contribution in [2.45, 2.75) is 143 Å². The molecule has 0 bridgehead atoms. The van der Waals surface area contributed by atoms with Gasteiger partial charge in [0.05, 0.1) is 35.3 Å². The lowest BCUT2D eigenvalue weighted by molar-refractivity contribution is -0.150. The zero-order valence-electron chi connectivity index (χ0n) is 31.6. The normalized spacial score (nSPS) is 19.2. The number of halogens is 1. The van der Waals surface area contributed by atoms with Gasteiger partial charge in [-0.2, -0.15) is 0 Å². The summed E-state index contributed by atoms with van der Waals surface area (Å²) in [5.74, 6) is 1.57. The molecular formula is C40H61IO7Si. The van der Waals surface area contributed by atoms with Crippen LogP contribution in [0.2, 0.25) is 18.1 Å². The van der Waals surface area contributed by atoms with Crippen LogP contribution in [-0.4, -0.2) is 43.8 Å². The van der Waals surface area contributed by atoms with Gasteiger partial charge < -0.3 is 28.5 Å². The quantitative estimate of drug-likeness (QED) is 0.0469. The highest BCUT2D eigenvalue weighted by Gasteiger charge is 2.62. The Morgan fingerprint density at radius 3 is 2.37 bits per heavy atom. The van der Waals surface area contributed by atoms with Gasteiger partial charge in [-0.05, 0) is 109 Å². The van der Waals surface area contributed by atoms with E-state index >= 15 is 0 Å². The summed E-state index contributed by atoms with van der Waals surface area (Å²) in [6, 6.07) is 12.3. The van der Waals surface area contributed by atoms with Crippen molar-refractivity contribution in [1.82, 2.24) is 0 Å². The number of aliphatic hydroxyl groups excluding tert-OH is 1. The first-order valence-corrected chi connectivity index (χ1v) is 22.1. The van der Waals surface area contributed by atoms with E-state index in [0.717, 1.165) is 57.4 Å². The minimum absolute atomic E-state index is 0.0648. The zero-order valence-corrected chi connectivity index (χ0v) is 34.7. The maximum Gasteiger partial charge on any atom is 0.341 e. The van der Waals surface area contributed by atoms with Crippen LogP contribution in [0.1, 0.15) is 104 Å². The van der Waals surface area contributed by atoms with Crippen molar-refractivity contribution in [3.8, 4) is 11.5 Å². The Balaban J connectivity index is 1.90. The van der Waals surface area contributed by atoms with E-state index < -0.39 is 20.0 Å². The number of hydrogen-bond acceptors (Lipinski definition) is 7. The lowest BCUT2D eigenvalue weighted by Gasteiger charge is -2.36. The summed E-state index contributed by atoms with van der Waals surface area (Å²) in [4.78, 5) is 12.7. The first-order valence-electron chi connectivity index (χ1n) is 18.1. The Labute approximate surface area is 310 Å². The Hall–Kier alpha value is -1.92. The van der Waals surface area contributed by atoms with Crippen molar-refractivity contribution >= 4 is 36.9 Å². The Morgan fingerprint density at radius 1 is 1.10 bits per heavy atom. The van der Waals surface area contributed by atoms with Crippen LogP contribution in [0.5, 0.6) is 11.5 Å². The third-order valence-corrected chi connectivity index (χ3v) is 15.5. The van der Waals surface area contributed by atoms with Crippen LogP contribution in [0, 0.1) is 15.4 Å². The molecule has 0 aromatic heterocycles. The zero-order chi connectivity index (χ0) is 36.4. The van der Waals surface area contributed by atoms with E-state index in [1.165, 1.54) is 0 Å². The Kier molecular flexibility index (Phi) is 15.7. The average Bonchev–Trinajstić information content (AvgIpc) is 3.78. The molecule has 1 heterocycles. The highest BCUT2D eigenvalue weighted by Crippen LogP contribution is 2.45. The van der Waals surface area contributed by atoms with E-state index in [9.17, 15) is 9.90 Å². The molecule has 1 N–H and O–H groups in total. The van der Waals surface area contributed by atoms with Crippen molar-refractivity contribution in [2.24, 2.45) is 11.8 Å². The van der Waals surface area contributed by atoms with Crippen LogP contribution in [0.4, 0.5) is 0 Å². The maximum absolute atomic E-state index is 12.7. The minimum Gasteiger partial charge on any atom is -0.488 e. The van der Waals surface area contributed by atoms with Gasteiger partial charge in [0.1, 0.15) is 18.1 Å². The van der Waals surface area contributed by atoms with E-state index in [2.05, 4.69) is 95.4 Å². The van der Waals surface area contributed by atoms with Gasteiger partial charge in [0.15, 0.2) is 13.9 Å². The first kappa shape index (κ1) is 41.5. The van der Waals surface area contributed by atoms with Gasteiger partial charge in [0.25, 0.3) is 0 Å². The number of carbonyl (C=O) groups excluding carboxylic acids is 1. The molecule has 0 saturated carbocycles. The van der Waals surface area contributed by atoms with Crippen LogP contribution in [-0.2, 0) is 38.3 Å². The van der Waals surface area contributed by atoms with Gasteiger partial charge in [0, 0.05) is 11.5 Å². The average molecular weight is 809 g/mol. The molecule has 274 valence electrons. The molecule has 1 aliphatic rings. The van der Waals surface area contributed by atoms with Gasteiger partial charge in [-0.25, -0.2) is 4.79 Å². The second-order valence-corrected chi connectivity index (χ2v) is 21.1. The molecule has 2 unspecified atom stereocenters. The summed E-state index contributed by atoms with van der Waals surface area (Å²) < 4.78 is 31.9. The van der Waals surface area contributed by atoms with E-state index in [1.807, 2.05) is 31.2 Å². The summed E-state index contributed by atoms with van der Waals surface area (Å²) in [5, 5.41) is 11.4. The van der Waals surface area contributed by atoms with Crippen LogP contribution < -0.4 is 9.47 Å². The van der Waals surface area contributed by atoms with Crippen molar-refractivity contribution in [3.63, 3.8) is 0 Å². The molecule has 1 aliphatic heterocycles. The fraction of sp³-hybridized carbons (Fsp3) is 0.625. The molecule has 1 fully saturated rings. The van der Waals surface area contributed by atoms with Gasteiger partial charge in [-0.1, -0.05) is 85.2 Å². The standard InChI is InChI=1S/C40H61IO7Si/c1-11-17-30(33(42)20-22-40(35(12-2)48-40)38(43)44-13-3)21-23-45-34-25-31(24-28(4)5)37(46-26-29-18-15-14-16-19-29)32(36(34)41)27-47-49(9,10)39(6,7)8/h14-16,18-19,21,23,25,28,30,33,35,42H,11-13,17,20,22,24,26-27H2,1-10H3/t30?,33?,35-,40-/m1/s1. The van der Waals surface area contributed by atoms with E-state index in [1.54, 1.807) is 13.2 Å². The van der Waals surface area contributed by atoms with E-state index in [0.29, 0.717) is 38.6 Å². The second-order valence-electron chi connectivity index (χ2n) is 15.2. The van der Waals surface area contributed by atoms with Crippen LogP contribution in [0.15, 0.2) is 48.7 Å². The number of aliphatic hydroxyl groups is 1. The van der Waals surface area contributed by atoms with Gasteiger partial charge in [-0.3, -0.25) is 0 Å². The number of epoxide rings is 1. The summed E-state index contributed by atoms with van der Waals surface area (Å²) in [7, 11) is -2.06. The van der Waals surface area contributed by atoms with Crippen molar-refractivity contribution in [3.05, 3.63) is 69.0 Å². The topological polar surface area (TPSA) is 86.8 Å². The molecule has 2 aromatic carbocycles. The highest BCUT2D eigenvalue weighted by molar-refractivity contribution is 14.1. The summed E-state index contributed by atoms with van der Waals surface area (Å²) in [5.41, 5.74) is 2.28. The third-order valence-electron chi connectivity index (χ3n) is 9.85. The predicted molar refractivity (Wildman–Crippen MR) is 208 cm³/mol. The smallest absolute Gasteiger partial charge is 0.341 e. The Bertz CT molecular complexity index is 1370. The summed E-state index contributed by atoms with van der Waals surface area (Å²) in [6.45, 7) is 22.8. The summed E-state index contributed by atoms with van der Waals surface area (Å²) >= 11 is 2.37. The monoisotopic (exact) mass is 808 g/mol. The molecule has 3 rings (SSSR count). The van der Waals surface area contributed by atoms with Gasteiger partial charge in [-0.15, -0.1) is 0 Å². The molecule has 0 spiro atoms. The molecule has 4 atom stereocenters. The van der Waals surface area contributed by atoms with Crippen LogP contribution >= 0.6 is 22.6 Å². The maximum atomic E-state index is 12.7. The molecule has 7 nitrogen and oxygen atoms in total. The highest BCUT2D eigenvalue weighted by atomic mass is 127. The van der Waals surface area contributed by atoms with Crippen molar-refractivity contribution < 1.29 is 33.3 Å². The SMILES string of the molecule is CCCC(C=COc1cc(CC(C)C)c(OCc2ccccc2)c(CO[Si](C)(C)C(C)(C)C)c1I)C(O)CC[C@@]1(C(=O)OCC)O[C@@H]1CC. The number of esters is 1. The minimum atomic E-state index is -2.06. The molecule has 2 aromatic rings. The molecule has 9 heteroatoms. The van der Waals surface area contributed by atoms with E-state index in [-0.39, 0.29) is 23.0 Å². The summed E-state index contributed by atoms with van der Waals surface area (Å²) in [6.07, 6.45) is 6.99. The van der Waals surface area contributed by atoms with Crippen molar-refractivity contribution in [2.75, 3.05) is 6.61 Å². The van der Waals surface area contributed by atoms with Crippen LogP contribution in [0.3, 0.4) is 0 Å². The van der Waals surface area contributed by atoms with E-state index in [4.69, 9.17) is 23.4 Å². The number of rotatable bonds is 20. The third kappa shape index (κ3) is 11.3. The molecule has 1 saturated heterocycles. The molecule has 0 amide bonds. The first-order chi connectivity index (χ1) is 23.1. The van der Waals surface area contributed by atoms with Gasteiger partial charge >= 0.3 is 5.97 Å². The second kappa shape index (κ2) is 18.5. The predicted octanol–water partition coefficient (Wildman–Crippen LogP) is 10.2.